The predicted octanol–water partition coefficient (Wildman–Crippen LogP) is 4.21. The molecule has 0 heterocycles. The number of rotatable bonds is 6. The Kier molecular flexibility index (Phi) is 6.28. The molecule has 2 aromatic rings. The molecule has 0 aromatic heterocycles. The number of nitrogens with one attached hydrogen (secondary N) is 1. The van der Waals surface area contributed by atoms with Crippen molar-refractivity contribution < 1.29 is 9.53 Å². The fourth-order valence-corrected chi connectivity index (χ4v) is 2.66. The van der Waals surface area contributed by atoms with Crippen molar-refractivity contribution in [2.24, 2.45) is 0 Å². The van der Waals surface area contributed by atoms with Gasteiger partial charge in [-0.3, -0.25) is 4.79 Å². The highest BCUT2D eigenvalue weighted by Crippen LogP contribution is 2.32. The van der Waals surface area contributed by atoms with E-state index < -0.39 is 0 Å². The van der Waals surface area contributed by atoms with Gasteiger partial charge in [0.15, 0.2) is 0 Å². The summed E-state index contributed by atoms with van der Waals surface area (Å²) in [7, 11) is 3.73. The molecule has 23 heavy (non-hydrogen) atoms. The summed E-state index contributed by atoms with van der Waals surface area (Å²) < 4.78 is 5.42. The Hall–Kier alpha value is -1.75. The number of hydrogen-bond acceptors (Lipinski definition) is 3. The van der Waals surface area contributed by atoms with Crippen molar-refractivity contribution in [1.29, 1.82) is 0 Å². The van der Waals surface area contributed by atoms with Gasteiger partial charge in [0.05, 0.1) is 23.0 Å². The fraction of sp³-hybridized carbons (Fsp3) is 0.235. The summed E-state index contributed by atoms with van der Waals surface area (Å²) in [6.45, 7) is 0.216. The number of hydrogen-bond donors (Lipinski definition) is 1. The second-order valence-electron chi connectivity index (χ2n) is 5.16. The van der Waals surface area contributed by atoms with E-state index in [0.717, 1.165) is 11.3 Å². The lowest BCUT2D eigenvalue weighted by Gasteiger charge is -2.19. The van der Waals surface area contributed by atoms with Gasteiger partial charge in [0.2, 0.25) is 5.91 Å². The van der Waals surface area contributed by atoms with Gasteiger partial charge in [0.25, 0.3) is 0 Å². The van der Waals surface area contributed by atoms with Crippen molar-refractivity contribution in [2.45, 2.75) is 6.61 Å². The topological polar surface area (TPSA) is 41.6 Å². The molecule has 0 unspecified atom stereocenters. The Labute approximate surface area is 146 Å². The molecule has 4 nitrogen and oxygen atoms in total. The van der Waals surface area contributed by atoms with Crippen LogP contribution < -0.4 is 10.2 Å². The highest BCUT2D eigenvalue weighted by Gasteiger charge is 2.12. The summed E-state index contributed by atoms with van der Waals surface area (Å²) in [5, 5.41) is 4.01. The largest absolute Gasteiger partial charge is 0.375 e. The van der Waals surface area contributed by atoms with Gasteiger partial charge in [-0.05, 0) is 23.8 Å². The lowest BCUT2D eigenvalue weighted by Crippen LogP contribution is -2.20. The molecule has 122 valence electrons. The molecule has 0 aliphatic carbocycles. The molecule has 0 spiro atoms. The molecular weight excluding hydrogens is 335 g/mol. The lowest BCUT2D eigenvalue weighted by molar-refractivity contribution is -0.121. The number of carbonyl (C=O) groups excluding carboxylic acids is 1. The molecule has 0 bridgehead atoms. The molecule has 0 saturated carbocycles. The predicted molar refractivity (Wildman–Crippen MR) is 95.5 cm³/mol. The van der Waals surface area contributed by atoms with Crippen molar-refractivity contribution in [3.05, 3.63) is 58.1 Å². The zero-order chi connectivity index (χ0) is 16.8. The van der Waals surface area contributed by atoms with Crippen molar-refractivity contribution in [3.63, 3.8) is 0 Å². The van der Waals surface area contributed by atoms with Gasteiger partial charge in [0.1, 0.15) is 6.61 Å². The Morgan fingerprint density at radius 3 is 2.48 bits per heavy atom. The monoisotopic (exact) mass is 352 g/mol. The van der Waals surface area contributed by atoms with Crippen molar-refractivity contribution in [3.8, 4) is 0 Å². The molecule has 0 radical (unpaired) electrons. The summed E-state index contributed by atoms with van der Waals surface area (Å²) in [6, 6.07) is 12.7. The van der Waals surface area contributed by atoms with Gasteiger partial charge in [-0.1, -0.05) is 47.5 Å². The standard InChI is InChI=1S/C17H18Cl2N2O2/c1-21(2)17-14(19)8-5-9-15(17)20-16(22)11-23-10-12-6-3-4-7-13(12)18/h3-9H,10-11H2,1-2H3,(H,20,22). The molecule has 1 N–H and O–H groups in total. The Bertz CT molecular complexity index is 690. The molecule has 0 atom stereocenters. The summed E-state index contributed by atoms with van der Waals surface area (Å²) in [5.74, 6) is -0.248. The van der Waals surface area contributed by atoms with Crippen LogP contribution in [0.5, 0.6) is 0 Å². The zero-order valence-corrected chi connectivity index (χ0v) is 14.5. The van der Waals surface area contributed by atoms with Crippen LogP contribution in [0.2, 0.25) is 10.0 Å². The van der Waals surface area contributed by atoms with Crippen LogP contribution in [-0.2, 0) is 16.1 Å². The van der Waals surface area contributed by atoms with E-state index in [2.05, 4.69) is 5.32 Å². The molecule has 1 amide bonds. The molecule has 0 saturated heterocycles. The van der Waals surface area contributed by atoms with Crippen LogP contribution in [-0.4, -0.2) is 26.6 Å². The minimum absolute atomic E-state index is 0.0649. The fourth-order valence-electron chi connectivity index (χ4n) is 2.13. The van der Waals surface area contributed by atoms with Crippen LogP contribution in [0.4, 0.5) is 11.4 Å². The average Bonchev–Trinajstić information content (AvgIpc) is 2.49. The van der Waals surface area contributed by atoms with E-state index in [1.807, 2.05) is 37.2 Å². The van der Waals surface area contributed by atoms with E-state index >= 15 is 0 Å². The first kappa shape index (κ1) is 17.6. The Morgan fingerprint density at radius 1 is 1.09 bits per heavy atom. The van der Waals surface area contributed by atoms with Crippen LogP contribution in [0.3, 0.4) is 0 Å². The number of carbonyl (C=O) groups is 1. The van der Waals surface area contributed by atoms with Crippen LogP contribution in [0.1, 0.15) is 5.56 Å². The SMILES string of the molecule is CN(C)c1c(Cl)cccc1NC(=O)COCc1ccccc1Cl. The smallest absolute Gasteiger partial charge is 0.250 e. The normalized spacial score (nSPS) is 10.4. The molecule has 0 aliphatic heterocycles. The Balaban J connectivity index is 1.93. The van der Waals surface area contributed by atoms with Gasteiger partial charge in [-0.2, -0.15) is 0 Å². The number of benzene rings is 2. The maximum atomic E-state index is 12.0. The molecular formula is C17H18Cl2N2O2. The third kappa shape index (κ3) is 4.86. The van der Waals surface area contributed by atoms with Gasteiger partial charge in [0, 0.05) is 19.1 Å². The van der Waals surface area contributed by atoms with Crippen LogP contribution in [0, 0.1) is 0 Å². The average molecular weight is 353 g/mol. The van der Waals surface area contributed by atoms with Crippen LogP contribution in [0.15, 0.2) is 42.5 Å². The quantitative estimate of drug-likeness (QED) is 0.846. The number of halogens is 2. The highest BCUT2D eigenvalue weighted by molar-refractivity contribution is 6.34. The van der Waals surface area contributed by atoms with Crippen LogP contribution >= 0.6 is 23.2 Å². The first-order chi connectivity index (χ1) is 11.0. The number of nitrogens with zero attached hydrogens (tertiary/aromatic N) is 1. The zero-order valence-electron chi connectivity index (χ0n) is 13.0. The number of anilines is 2. The number of amides is 1. The van der Waals surface area contributed by atoms with Gasteiger partial charge in [-0.25, -0.2) is 0 Å². The van der Waals surface area contributed by atoms with Crippen molar-refractivity contribution in [2.75, 3.05) is 30.9 Å². The third-order valence-electron chi connectivity index (χ3n) is 3.16. The van der Waals surface area contributed by atoms with E-state index in [9.17, 15) is 4.79 Å². The molecule has 0 fully saturated rings. The van der Waals surface area contributed by atoms with Crippen molar-refractivity contribution in [1.82, 2.24) is 0 Å². The minimum atomic E-state index is -0.248. The summed E-state index contributed by atoms with van der Waals surface area (Å²) in [6.07, 6.45) is 0. The van der Waals surface area contributed by atoms with E-state index in [0.29, 0.717) is 15.7 Å². The number of para-hydroxylation sites is 1. The van der Waals surface area contributed by atoms with E-state index in [4.69, 9.17) is 27.9 Å². The van der Waals surface area contributed by atoms with E-state index in [-0.39, 0.29) is 19.1 Å². The highest BCUT2D eigenvalue weighted by atomic mass is 35.5. The second kappa shape index (κ2) is 8.20. The van der Waals surface area contributed by atoms with Crippen molar-refractivity contribution >= 4 is 40.5 Å². The minimum Gasteiger partial charge on any atom is -0.375 e. The number of ether oxygens (including phenoxy) is 1. The molecule has 6 heteroatoms. The summed E-state index contributed by atoms with van der Waals surface area (Å²) in [4.78, 5) is 13.9. The van der Waals surface area contributed by atoms with Gasteiger partial charge >= 0.3 is 0 Å². The summed E-state index contributed by atoms with van der Waals surface area (Å²) >= 11 is 12.2. The maximum Gasteiger partial charge on any atom is 0.250 e. The van der Waals surface area contributed by atoms with E-state index in [1.54, 1.807) is 24.3 Å². The molecule has 2 aromatic carbocycles. The lowest BCUT2D eigenvalue weighted by atomic mass is 10.2. The second-order valence-corrected chi connectivity index (χ2v) is 5.98. The third-order valence-corrected chi connectivity index (χ3v) is 3.83. The van der Waals surface area contributed by atoms with Crippen LogP contribution in [0.25, 0.3) is 0 Å². The first-order valence-corrected chi connectivity index (χ1v) is 7.81. The van der Waals surface area contributed by atoms with E-state index in [1.165, 1.54) is 0 Å². The maximum absolute atomic E-state index is 12.0. The Morgan fingerprint density at radius 2 is 1.78 bits per heavy atom. The van der Waals surface area contributed by atoms with Gasteiger partial charge < -0.3 is 15.0 Å². The van der Waals surface area contributed by atoms with Gasteiger partial charge in [-0.15, -0.1) is 0 Å². The molecule has 0 aliphatic rings. The molecule has 2 rings (SSSR count). The summed E-state index contributed by atoms with van der Waals surface area (Å²) in [5.41, 5.74) is 2.25. The first-order valence-electron chi connectivity index (χ1n) is 7.06.